The minimum atomic E-state index is 0.523. The molecule has 1 aromatic carbocycles. The first-order chi connectivity index (χ1) is 11.8. The van der Waals surface area contributed by atoms with Gasteiger partial charge >= 0.3 is 0 Å². The molecule has 1 fully saturated rings. The molecule has 0 aliphatic heterocycles. The van der Waals surface area contributed by atoms with Gasteiger partial charge in [0.25, 0.3) is 0 Å². The zero-order chi connectivity index (χ0) is 16.5. The van der Waals surface area contributed by atoms with E-state index in [0.29, 0.717) is 5.92 Å². The Kier molecular flexibility index (Phi) is 3.80. The third-order valence-corrected chi connectivity index (χ3v) is 4.45. The highest BCUT2D eigenvalue weighted by atomic mass is 16.5. The smallest absolute Gasteiger partial charge is 0.154 e. The summed E-state index contributed by atoms with van der Waals surface area (Å²) >= 11 is 0. The molecule has 0 spiro atoms. The van der Waals surface area contributed by atoms with E-state index < -0.39 is 0 Å². The summed E-state index contributed by atoms with van der Waals surface area (Å²) in [5, 5.41) is 4.77. The third-order valence-electron chi connectivity index (χ3n) is 4.45. The Morgan fingerprint density at radius 1 is 1.25 bits per heavy atom. The van der Waals surface area contributed by atoms with Crippen molar-refractivity contribution >= 4 is 0 Å². The Bertz CT molecular complexity index is 847. The number of benzene rings is 1. The summed E-state index contributed by atoms with van der Waals surface area (Å²) in [6, 6.07) is 7.95. The molecular formula is C18H21N5O. The summed E-state index contributed by atoms with van der Waals surface area (Å²) in [7, 11) is 1.69. The Balaban J connectivity index is 1.68. The molecule has 0 unspecified atom stereocenters. The van der Waals surface area contributed by atoms with Gasteiger partial charge in [-0.1, -0.05) is 12.1 Å². The van der Waals surface area contributed by atoms with Gasteiger partial charge in [0.15, 0.2) is 5.82 Å². The molecule has 1 aliphatic carbocycles. The van der Waals surface area contributed by atoms with Gasteiger partial charge in [-0.15, -0.1) is 0 Å². The van der Waals surface area contributed by atoms with Crippen LogP contribution < -0.4 is 4.74 Å². The lowest BCUT2D eigenvalue weighted by atomic mass is 10.3. The number of aromatic nitrogens is 5. The molecule has 124 valence electrons. The van der Waals surface area contributed by atoms with Crippen LogP contribution >= 0.6 is 0 Å². The molecule has 1 aliphatic rings. The number of methoxy groups -OCH3 is 1. The quantitative estimate of drug-likeness (QED) is 0.700. The highest BCUT2D eigenvalue weighted by Gasteiger charge is 2.29. The standard InChI is InChI=1S/C18H21N5O/c1-13-19-10-12-22(13)11-9-17-20-18(14-7-8-14)21-23(17)15-5-3-4-6-16(15)24-2/h3-6,10,12,14H,7-9,11H2,1-2H3. The average Bonchev–Trinajstić information content (AvgIpc) is 3.25. The van der Waals surface area contributed by atoms with Crippen LogP contribution in [0, 0.1) is 6.92 Å². The largest absolute Gasteiger partial charge is 0.494 e. The lowest BCUT2D eigenvalue weighted by Crippen LogP contribution is -2.09. The second-order valence-electron chi connectivity index (χ2n) is 6.16. The van der Waals surface area contributed by atoms with Crippen molar-refractivity contribution < 1.29 is 4.74 Å². The van der Waals surface area contributed by atoms with Crippen LogP contribution in [0.2, 0.25) is 0 Å². The molecule has 0 amide bonds. The van der Waals surface area contributed by atoms with E-state index in [-0.39, 0.29) is 0 Å². The van der Waals surface area contributed by atoms with Gasteiger partial charge < -0.3 is 9.30 Å². The van der Waals surface area contributed by atoms with E-state index in [2.05, 4.69) is 9.55 Å². The minimum Gasteiger partial charge on any atom is -0.494 e. The van der Waals surface area contributed by atoms with Crippen LogP contribution in [0.3, 0.4) is 0 Å². The van der Waals surface area contributed by atoms with Crippen LogP contribution in [0.4, 0.5) is 0 Å². The second kappa shape index (κ2) is 6.11. The molecule has 6 heteroatoms. The maximum atomic E-state index is 5.51. The molecular weight excluding hydrogens is 302 g/mol. The molecule has 0 bridgehead atoms. The first-order valence-electron chi connectivity index (χ1n) is 8.33. The van der Waals surface area contributed by atoms with E-state index in [1.165, 1.54) is 12.8 Å². The molecule has 4 rings (SSSR count). The number of hydrogen-bond acceptors (Lipinski definition) is 4. The van der Waals surface area contributed by atoms with Gasteiger partial charge in [-0.25, -0.2) is 14.6 Å². The summed E-state index contributed by atoms with van der Waals surface area (Å²) in [6.45, 7) is 2.85. The molecule has 0 saturated heterocycles. The molecule has 0 radical (unpaired) electrons. The average molecular weight is 323 g/mol. The highest BCUT2D eigenvalue weighted by molar-refractivity contribution is 5.46. The fourth-order valence-corrected chi connectivity index (χ4v) is 2.90. The summed E-state index contributed by atoms with van der Waals surface area (Å²) in [4.78, 5) is 9.10. The lowest BCUT2D eigenvalue weighted by Gasteiger charge is -2.11. The Morgan fingerprint density at radius 2 is 2.08 bits per heavy atom. The monoisotopic (exact) mass is 323 g/mol. The van der Waals surface area contributed by atoms with Crippen molar-refractivity contribution in [3.05, 3.63) is 54.1 Å². The van der Waals surface area contributed by atoms with Crippen molar-refractivity contribution in [2.24, 2.45) is 0 Å². The van der Waals surface area contributed by atoms with Gasteiger partial charge in [-0.2, -0.15) is 5.10 Å². The number of nitrogens with zero attached hydrogens (tertiary/aromatic N) is 5. The SMILES string of the molecule is COc1ccccc1-n1nc(C2CC2)nc1CCn1ccnc1C. The zero-order valence-corrected chi connectivity index (χ0v) is 14.0. The van der Waals surface area contributed by atoms with Crippen LogP contribution in [0.1, 0.15) is 36.2 Å². The fourth-order valence-electron chi connectivity index (χ4n) is 2.90. The van der Waals surface area contributed by atoms with Gasteiger partial charge in [0.2, 0.25) is 0 Å². The first-order valence-corrected chi connectivity index (χ1v) is 8.33. The molecule has 24 heavy (non-hydrogen) atoms. The fraction of sp³-hybridized carbons (Fsp3) is 0.389. The van der Waals surface area contributed by atoms with Crippen LogP contribution in [0.15, 0.2) is 36.7 Å². The van der Waals surface area contributed by atoms with E-state index >= 15 is 0 Å². The molecule has 6 nitrogen and oxygen atoms in total. The van der Waals surface area contributed by atoms with E-state index in [1.54, 1.807) is 7.11 Å². The molecule has 1 saturated carbocycles. The van der Waals surface area contributed by atoms with E-state index in [1.807, 2.05) is 48.3 Å². The Hall–Kier alpha value is -2.63. The zero-order valence-electron chi connectivity index (χ0n) is 14.0. The molecule has 2 heterocycles. The van der Waals surface area contributed by atoms with Crippen LogP contribution in [-0.2, 0) is 13.0 Å². The van der Waals surface area contributed by atoms with Crippen molar-refractivity contribution in [3.8, 4) is 11.4 Å². The van der Waals surface area contributed by atoms with Crippen molar-refractivity contribution in [1.29, 1.82) is 0 Å². The van der Waals surface area contributed by atoms with Gasteiger partial charge in [-0.05, 0) is 31.9 Å². The van der Waals surface area contributed by atoms with Gasteiger partial charge in [0.1, 0.15) is 23.1 Å². The number of para-hydroxylation sites is 2. The minimum absolute atomic E-state index is 0.523. The summed E-state index contributed by atoms with van der Waals surface area (Å²) < 4.78 is 9.59. The Labute approximate surface area is 141 Å². The van der Waals surface area contributed by atoms with Crippen LogP contribution in [-0.4, -0.2) is 31.4 Å². The number of aryl methyl sites for hydroxylation is 3. The first kappa shape index (κ1) is 14.9. The number of rotatable bonds is 6. The molecule has 0 N–H and O–H groups in total. The maximum absolute atomic E-state index is 5.51. The number of hydrogen-bond donors (Lipinski definition) is 0. The molecule has 0 atom stereocenters. The Morgan fingerprint density at radius 3 is 2.79 bits per heavy atom. The summed E-state index contributed by atoms with van der Waals surface area (Å²) in [5.41, 5.74) is 0.941. The lowest BCUT2D eigenvalue weighted by molar-refractivity contribution is 0.411. The van der Waals surface area contributed by atoms with E-state index in [4.69, 9.17) is 14.8 Å². The van der Waals surface area contributed by atoms with Gasteiger partial charge in [0, 0.05) is 31.3 Å². The predicted molar refractivity (Wildman–Crippen MR) is 90.6 cm³/mol. The number of imidazole rings is 1. The second-order valence-corrected chi connectivity index (χ2v) is 6.16. The van der Waals surface area contributed by atoms with Crippen LogP contribution in [0.25, 0.3) is 5.69 Å². The number of ether oxygens (including phenoxy) is 1. The van der Waals surface area contributed by atoms with Gasteiger partial charge in [-0.3, -0.25) is 0 Å². The predicted octanol–water partition coefficient (Wildman–Crippen LogP) is 2.90. The van der Waals surface area contributed by atoms with Crippen LogP contribution in [0.5, 0.6) is 5.75 Å². The molecule has 3 aromatic rings. The van der Waals surface area contributed by atoms with E-state index in [0.717, 1.165) is 41.9 Å². The van der Waals surface area contributed by atoms with Crippen molar-refractivity contribution in [1.82, 2.24) is 24.3 Å². The third kappa shape index (κ3) is 2.79. The maximum Gasteiger partial charge on any atom is 0.154 e. The van der Waals surface area contributed by atoms with Crippen molar-refractivity contribution in [2.45, 2.75) is 38.6 Å². The summed E-state index contributed by atoms with van der Waals surface area (Å²) in [6.07, 6.45) is 7.01. The normalized spacial score (nSPS) is 14.1. The summed E-state index contributed by atoms with van der Waals surface area (Å²) in [5.74, 6) is 4.27. The topological polar surface area (TPSA) is 57.8 Å². The van der Waals surface area contributed by atoms with Crippen molar-refractivity contribution in [2.75, 3.05) is 7.11 Å². The molecule has 2 aromatic heterocycles. The highest BCUT2D eigenvalue weighted by Crippen LogP contribution is 2.38. The van der Waals surface area contributed by atoms with E-state index in [9.17, 15) is 0 Å². The van der Waals surface area contributed by atoms with Crippen molar-refractivity contribution in [3.63, 3.8) is 0 Å². The van der Waals surface area contributed by atoms with Gasteiger partial charge in [0.05, 0.1) is 7.11 Å².